The van der Waals surface area contributed by atoms with Gasteiger partial charge in [-0.15, -0.1) is 0 Å². The van der Waals surface area contributed by atoms with Gasteiger partial charge in [0.2, 0.25) is 0 Å². The third-order valence-electron chi connectivity index (χ3n) is 3.92. The molecule has 19 heavy (non-hydrogen) atoms. The highest BCUT2D eigenvalue weighted by Gasteiger charge is 2.19. The average Bonchev–Trinajstić information content (AvgIpc) is 3.09. The van der Waals surface area contributed by atoms with Crippen LogP contribution >= 0.6 is 0 Å². The fourth-order valence-corrected chi connectivity index (χ4v) is 2.75. The molecule has 1 aromatic heterocycles. The molecule has 2 aromatic rings. The van der Waals surface area contributed by atoms with E-state index in [0.29, 0.717) is 6.04 Å². The summed E-state index contributed by atoms with van der Waals surface area (Å²) in [6.07, 6.45) is 4.39. The number of aromatic nitrogens is 3. The summed E-state index contributed by atoms with van der Waals surface area (Å²) in [7, 11) is 1.90. The Balaban J connectivity index is 1.87. The van der Waals surface area contributed by atoms with Gasteiger partial charge >= 0.3 is 0 Å². The van der Waals surface area contributed by atoms with Crippen LogP contribution in [-0.4, -0.2) is 32.8 Å². The molecule has 0 spiro atoms. The number of aryl methyl sites for hydroxylation is 1. The zero-order valence-corrected chi connectivity index (χ0v) is 11.6. The van der Waals surface area contributed by atoms with E-state index in [4.69, 9.17) is 0 Å². The van der Waals surface area contributed by atoms with Crippen molar-refractivity contribution in [1.29, 1.82) is 0 Å². The standard InChI is InChI=1S/C15H20N4/c1-12(19-8-3-4-9-19)13-6-5-7-14(10-13)15-16-11-18(2)17-15/h5-7,10-12H,3-4,8-9H2,1-2H3/t12-/m0/s1. The van der Waals surface area contributed by atoms with E-state index in [0.717, 1.165) is 11.4 Å². The first kappa shape index (κ1) is 12.4. The predicted octanol–water partition coefficient (Wildman–Crippen LogP) is 2.64. The van der Waals surface area contributed by atoms with Gasteiger partial charge in [0.05, 0.1) is 0 Å². The topological polar surface area (TPSA) is 34.0 Å². The predicted molar refractivity (Wildman–Crippen MR) is 75.7 cm³/mol. The molecule has 4 nitrogen and oxygen atoms in total. The van der Waals surface area contributed by atoms with Gasteiger partial charge in [0, 0.05) is 18.7 Å². The second-order valence-electron chi connectivity index (χ2n) is 5.29. The molecular formula is C15H20N4. The Morgan fingerprint density at radius 1 is 1.21 bits per heavy atom. The van der Waals surface area contributed by atoms with Crippen LogP contribution in [0.15, 0.2) is 30.6 Å². The van der Waals surface area contributed by atoms with E-state index in [2.05, 4.69) is 46.2 Å². The van der Waals surface area contributed by atoms with Crippen molar-refractivity contribution in [3.63, 3.8) is 0 Å². The van der Waals surface area contributed by atoms with Crippen molar-refractivity contribution in [2.24, 2.45) is 7.05 Å². The van der Waals surface area contributed by atoms with E-state index in [1.165, 1.54) is 31.5 Å². The number of rotatable bonds is 3. The van der Waals surface area contributed by atoms with Gasteiger partial charge in [-0.1, -0.05) is 18.2 Å². The van der Waals surface area contributed by atoms with Gasteiger partial charge in [-0.3, -0.25) is 9.58 Å². The summed E-state index contributed by atoms with van der Waals surface area (Å²) in [5.74, 6) is 0.804. The van der Waals surface area contributed by atoms with Crippen molar-refractivity contribution >= 4 is 0 Å². The van der Waals surface area contributed by atoms with Crippen molar-refractivity contribution in [2.75, 3.05) is 13.1 Å². The zero-order chi connectivity index (χ0) is 13.2. The second-order valence-corrected chi connectivity index (χ2v) is 5.29. The molecule has 0 radical (unpaired) electrons. The van der Waals surface area contributed by atoms with E-state index in [-0.39, 0.29) is 0 Å². The summed E-state index contributed by atoms with van der Waals surface area (Å²) >= 11 is 0. The van der Waals surface area contributed by atoms with Crippen LogP contribution in [-0.2, 0) is 7.05 Å². The molecule has 0 saturated carbocycles. The summed E-state index contributed by atoms with van der Waals surface area (Å²) in [6, 6.07) is 9.09. The van der Waals surface area contributed by atoms with Gasteiger partial charge in [-0.25, -0.2) is 4.98 Å². The number of hydrogen-bond donors (Lipinski definition) is 0. The van der Waals surface area contributed by atoms with Crippen LogP contribution in [0.3, 0.4) is 0 Å². The van der Waals surface area contributed by atoms with Crippen molar-refractivity contribution in [2.45, 2.75) is 25.8 Å². The van der Waals surface area contributed by atoms with Gasteiger partial charge in [-0.2, -0.15) is 5.10 Å². The monoisotopic (exact) mass is 256 g/mol. The summed E-state index contributed by atoms with van der Waals surface area (Å²) in [5.41, 5.74) is 2.45. The van der Waals surface area contributed by atoms with Crippen LogP contribution in [0.2, 0.25) is 0 Å². The van der Waals surface area contributed by atoms with E-state index < -0.39 is 0 Å². The third kappa shape index (κ3) is 2.54. The number of likely N-dealkylation sites (tertiary alicyclic amines) is 1. The van der Waals surface area contributed by atoms with Crippen molar-refractivity contribution in [3.05, 3.63) is 36.2 Å². The van der Waals surface area contributed by atoms with Crippen LogP contribution in [0.5, 0.6) is 0 Å². The molecule has 1 aromatic carbocycles. The van der Waals surface area contributed by atoms with Crippen molar-refractivity contribution < 1.29 is 0 Å². The molecule has 0 N–H and O–H groups in total. The highest BCUT2D eigenvalue weighted by atomic mass is 15.3. The first-order valence-corrected chi connectivity index (χ1v) is 6.94. The van der Waals surface area contributed by atoms with Crippen LogP contribution in [0, 0.1) is 0 Å². The quantitative estimate of drug-likeness (QED) is 0.846. The molecule has 3 rings (SSSR count). The first-order valence-electron chi connectivity index (χ1n) is 6.94. The van der Waals surface area contributed by atoms with Crippen molar-refractivity contribution in [1.82, 2.24) is 19.7 Å². The van der Waals surface area contributed by atoms with Crippen LogP contribution in [0.4, 0.5) is 0 Å². The summed E-state index contributed by atoms with van der Waals surface area (Å²) < 4.78 is 1.74. The Kier molecular flexibility index (Phi) is 3.34. The van der Waals surface area contributed by atoms with E-state index in [1.54, 1.807) is 11.0 Å². The summed E-state index contributed by atoms with van der Waals surface area (Å²) in [4.78, 5) is 6.87. The van der Waals surface area contributed by atoms with Gasteiger partial charge in [-0.05, 0) is 44.5 Å². The maximum absolute atomic E-state index is 4.37. The van der Waals surface area contributed by atoms with Crippen molar-refractivity contribution in [3.8, 4) is 11.4 Å². The molecule has 0 amide bonds. The van der Waals surface area contributed by atoms with Gasteiger partial charge in [0.1, 0.15) is 6.33 Å². The lowest BCUT2D eigenvalue weighted by molar-refractivity contribution is 0.263. The molecule has 1 fully saturated rings. The molecule has 0 unspecified atom stereocenters. The Labute approximate surface area is 114 Å². The SMILES string of the molecule is C[C@@H](c1cccc(-c2ncn(C)n2)c1)N1CCCC1. The van der Waals surface area contributed by atoms with Crippen LogP contribution in [0.1, 0.15) is 31.4 Å². The maximum Gasteiger partial charge on any atom is 0.181 e. The molecule has 2 heterocycles. The Morgan fingerprint density at radius 2 is 2.00 bits per heavy atom. The average molecular weight is 256 g/mol. The summed E-state index contributed by atoms with van der Waals surface area (Å²) in [5, 5.41) is 4.37. The molecule has 1 aliphatic rings. The Hall–Kier alpha value is -1.68. The Bertz CT molecular complexity index is 555. The molecule has 4 heteroatoms. The lowest BCUT2D eigenvalue weighted by Gasteiger charge is -2.24. The molecule has 0 aliphatic carbocycles. The largest absolute Gasteiger partial charge is 0.297 e. The first-order chi connectivity index (χ1) is 9.24. The molecule has 1 atom stereocenters. The minimum atomic E-state index is 0.478. The number of benzene rings is 1. The molecule has 1 saturated heterocycles. The lowest BCUT2D eigenvalue weighted by Crippen LogP contribution is -2.23. The van der Waals surface area contributed by atoms with Gasteiger partial charge in [0.15, 0.2) is 5.82 Å². The van der Waals surface area contributed by atoms with Crippen LogP contribution < -0.4 is 0 Å². The smallest absolute Gasteiger partial charge is 0.181 e. The lowest BCUT2D eigenvalue weighted by atomic mass is 10.0. The minimum Gasteiger partial charge on any atom is -0.297 e. The highest BCUT2D eigenvalue weighted by molar-refractivity contribution is 5.55. The number of hydrogen-bond acceptors (Lipinski definition) is 3. The highest BCUT2D eigenvalue weighted by Crippen LogP contribution is 2.27. The fourth-order valence-electron chi connectivity index (χ4n) is 2.75. The second kappa shape index (κ2) is 5.13. The zero-order valence-electron chi connectivity index (χ0n) is 11.6. The Morgan fingerprint density at radius 3 is 2.68 bits per heavy atom. The van der Waals surface area contributed by atoms with E-state index in [9.17, 15) is 0 Å². The molecular weight excluding hydrogens is 236 g/mol. The van der Waals surface area contributed by atoms with E-state index >= 15 is 0 Å². The normalized spacial score (nSPS) is 17.8. The van der Waals surface area contributed by atoms with Gasteiger partial charge in [0.25, 0.3) is 0 Å². The molecule has 0 bridgehead atoms. The molecule has 100 valence electrons. The summed E-state index contributed by atoms with van der Waals surface area (Å²) in [6.45, 7) is 4.72. The maximum atomic E-state index is 4.37. The third-order valence-corrected chi connectivity index (χ3v) is 3.92. The van der Waals surface area contributed by atoms with Gasteiger partial charge < -0.3 is 0 Å². The minimum absolute atomic E-state index is 0.478. The fraction of sp³-hybridized carbons (Fsp3) is 0.467. The van der Waals surface area contributed by atoms with Crippen LogP contribution in [0.25, 0.3) is 11.4 Å². The molecule has 1 aliphatic heterocycles. The number of nitrogens with zero attached hydrogens (tertiary/aromatic N) is 4. The van der Waals surface area contributed by atoms with E-state index in [1.807, 2.05) is 7.05 Å².